The molecule has 1 aromatic carbocycles. The number of aromatic nitrogens is 1. The first-order chi connectivity index (χ1) is 13.5. The van der Waals surface area contributed by atoms with Crippen LogP contribution in [-0.2, 0) is 9.59 Å². The van der Waals surface area contributed by atoms with E-state index in [1.165, 1.54) is 12.1 Å². The third-order valence-corrected chi connectivity index (χ3v) is 5.67. The number of carbonyl (C=O) groups excluding carboxylic acids is 2. The lowest BCUT2D eigenvalue weighted by Gasteiger charge is -2.33. The summed E-state index contributed by atoms with van der Waals surface area (Å²) in [5, 5.41) is 11.3. The van der Waals surface area contributed by atoms with Crippen molar-refractivity contribution < 1.29 is 23.5 Å². The van der Waals surface area contributed by atoms with Gasteiger partial charge in [0.2, 0.25) is 11.8 Å². The number of oxazole rings is 1. The molecule has 8 nitrogen and oxygen atoms in total. The lowest BCUT2D eigenvalue weighted by molar-refractivity contribution is -0.135. The molecule has 2 saturated heterocycles. The molecule has 0 bridgehead atoms. The van der Waals surface area contributed by atoms with Crippen LogP contribution in [0.1, 0.15) is 38.1 Å². The van der Waals surface area contributed by atoms with Gasteiger partial charge in [0.15, 0.2) is 5.58 Å². The summed E-state index contributed by atoms with van der Waals surface area (Å²) >= 11 is 0. The Morgan fingerprint density at radius 1 is 1.18 bits per heavy atom. The van der Waals surface area contributed by atoms with Crippen molar-refractivity contribution in [3.05, 3.63) is 28.5 Å². The highest BCUT2D eigenvalue weighted by Gasteiger charge is 2.32. The van der Waals surface area contributed by atoms with Crippen molar-refractivity contribution in [3.8, 4) is 0 Å². The van der Waals surface area contributed by atoms with Crippen molar-refractivity contribution in [1.82, 2.24) is 9.88 Å². The topological polar surface area (TPSA) is 105 Å². The zero-order chi connectivity index (χ0) is 19.8. The lowest BCUT2D eigenvalue weighted by atomic mass is 9.93. The van der Waals surface area contributed by atoms with Crippen LogP contribution in [0, 0.1) is 11.7 Å². The molecule has 0 saturated carbocycles. The summed E-state index contributed by atoms with van der Waals surface area (Å²) in [6, 6.07) is 1.62. The molecule has 2 fully saturated rings. The minimum Gasteiger partial charge on any atom is -0.405 e. The van der Waals surface area contributed by atoms with Crippen LogP contribution in [0.2, 0.25) is 0 Å². The number of carbonyl (C=O) groups is 2. The predicted octanol–water partition coefficient (Wildman–Crippen LogP) is 1.31. The minimum atomic E-state index is -0.906. The van der Waals surface area contributed by atoms with Gasteiger partial charge in [-0.3, -0.25) is 19.5 Å². The fraction of sp³-hybridized carbons (Fsp3) is 0.526. The predicted molar refractivity (Wildman–Crippen MR) is 98.5 cm³/mol. The Bertz CT molecular complexity index is 974. The standard InChI is InChI=1S/C19H22FN3O5/c20-12-9-14(22-6-3-11(4-7-22)5-8-24)17-15(10-12)23(19(27)28-17)13-1-2-16(25)21-18(13)26/h9-11,13,24H,1-8H2,(H,21,25,26). The fourth-order valence-corrected chi connectivity index (χ4v) is 4.19. The van der Waals surface area contributed by atoms with Gasteiger partial charge in [0, 0.05) is 38.2 Å². The number of halogens is 1. The first-order valence-electron chi connectivity index (χ1n) is 9.52. The van der Waals surface area contributed by atoms with Crippen LogP contribution in [0.5, 0.6) is 0 Å². The zero-order valence-electron chi connectivity index (χ0n) is 15.3. The molecule has 2 aliphatic heterocycles. The van der Waals surface area contributed by atoms with Crippen LogP contribution in [0.4, 0.5) is 10.1 Å². The van der Waals surface area contributed by atoms with Crippen molar-refractivity contribution in [3.63, 3.8) is 0 Å². The smallest absolute Gasteiger partial charge is 0.405 e. The van der Waals surface area contributed by atoms with Gasteiger partial charge >= 0.3 is 5.76 Å². The molecule has 1 atom stereocenters. The Labute approximate surface area is 159 Å². The average Bonchev–Trinajstić information content (AvgIpc) is 2.98. The number of fused-ring (bicyclic) bond motifs is 1. The highest BCUT2D eigenvalue weighted by molar-refractivity contribution is 6.00. The van der Waals surface area contributed by atoms with Gasteiger partial charge in [0.05, 0.1) is 11.2 Å². The summed E-state index contributed by atoms with van der Waals surface area (Å²) in [5.41, 5.74) is 0.948. The van der Waals surface area contributed by atoms with Crippen LogP contribution >= 0.6 is 0 Å². The van der Waals surface area contributed by atoms with Crippen LogP contribution in [-0.4, -0.2) is 41.2 Å². The van der Waals surface area contributed by atoms with E-state index in [2.05, 4.69) is 5.32 Å². The number of piperidine rings is 2. The summed E-state index contributed by atoms with van der Waals surface area (Å²) < 4.78 is 21.0. The molecule has 28 heavy (non-hydrogen) atoms. The number of imide groups is 1. The number of hydrogen-bond donors (Lipinski definition) is 2. The number of aliphatic hydroxyl groups is 1. The zero-order valence-corrected chi connectivity index (χ0v) is 15.3. The number of amides is 2. The maximum absolute atomic E-state index is 14.4. The second kappa shape index (κ2) is 7.38. The third-order valence-electron chi connectivity index (χ3n) is 5.67. The van der Waals surface area contributed by atoms with Gasteiger partial charge < -0.3 is 14.4 Å². The molecule has 1 unspecified atom stereocenters. The largest absolute Gasteiger partial charge is 0.420 e. The van der Waals surface area contributed by atoms with E-state index in [4.69, 9.17) is 9.52 Å². The van der Waals surface area contributed by atoms with E-state index in [9.17, 15) is 18.8 Å². The minimum absolute atomic E-state index is 0.107. The second-order valence-electron chi connectivity index (χ2n) is 7.42. The van der Waals surface area contributed by atoms with Gasteiger partial charge in [-0.2, -0.15) is 0 Å². The Hall–Kier alpha value is -2.68. The maximum atomic E-state index is 14.4. The molecule has 9 heteroatoms. The van der Waals surface area contributed by atoms with E-state index < -0.39 is 23.5 Å². The molecule has 150 valence electrons. The number of anilines is 1. The molecule has 0 radical (unpaired) electrons. The van der Waals surface area contributed by atoms with Gasteiger partial charge in [0.25, 0.3) is 0 Å². The van der Waals surface area contributed by atoms with E-state index in [0.29, 0.717) is 24.7 Å². The Morgan fingerprint density at radius 2 is 1.93 bits per heavy atom. The number of benzene rings is 1. The molecule has 2 aliphatic rings. The van der Waals surface area contributed by atoms with Crippen molar-refractivity contribution in [2.45, 2.75) is 38.1 Å². The first kappa shape index (κ1) is 18.7. The van der Waals surface area contributed by atoms with E-state index in [0.717, 1.165) is 23.8 Å². The van der Waals surface area contributed by atoms with E-state index in [1.807, 2.05) is 4.90 Å². The highest BCUT2D eigenvalue weighted by Crippen LogP contribution is 2.33. The molecular weight excluding hydrogens is 369 g/mol. The van der Waals surface area contributed by atoms with Crippen LogP contribution in [0.25, 0.3) is 11.1 Å². The molecule has 1 aromatic heterocycles. The van der Waals surface area contributed by atoms with Gasteiger partial charge in [0.1, 0.15) is 11.9 Å². The van der Waals surface area contributed by atoms with E-state index >= 15 is 0 Å². The number of hydrogen-bond acceptors (Lipinski definition) is 6. The molecule has 4 rings (SSSR count). The van der Waals surface area contributed by atoms with Gasteiger partial charge in [-0.1, -0.05) is 0 Å². The summed E-state index contributed by atoms with van der Waals surface area (Å²) in [4.78, 5) is 38.1. The molecule has 2 aromatic rings. The van der Waals surface area contributed by atoms with Gasteiger partial charge in [-0.15, -0.1) is 0 Å². The third kappa shape index (κ3) is 3.30. The molecule has 3 heterocycles. The molecule has 0 spiro atoms. The van der Waals surface area contributed by atoms with Crippen molar-refractivity contribution in [2.24, 2.45) is 5.92 Å². The Balaban J connectivity index is 1.72. The van der Waals surface area contributed by atoms with Crippen molar-refractivity contribution in [2.75, 3.05) is 24.6 Å². The molecule has 2 amide bonds. The molecule has 0 aliphatic carbocycles. The number of aliphatic hydroxyl groups excluding tert-OH is 1. The summed E-state index contributed by atoms with van der Waals surface area (Å²) in [6.45, 7) is 1.48. The van der Waals surface area contributed by atoms with Gasteiger partial charge in [-0.05, 0) is 31.6 Å². The van der Waals surface area contributed by atoms with Crippen LogP contribution in [0.3, 0.4) is 0 Å². The summed E-state index contributed by atoms with van der Waals surface area (Å²) in [5.74, 6) is -1.82. The first-order valence-corrected chi connectivity index (χ1v) is 9.52. The van der Waals surface area contributed by atoms with E-state index in [1.54, 1.807) is 0 Å². The molecular formula is C19H22FN3O5. The quantitative estimate of drug-likeness (QED) is 0.762. The average molecular weight is 391 g/mol. The lowest BCUT2D eigenvalue weighted by Crippen LogP contribution is -2.43. The van der Waals surface area contributed by atoms with Crippen molar-refractivity contribution in [1.29, 1.82) is 0 Å². The summed E-state index contributed by atoms with van der Waals surface area (Å²) in [7, 11) is 0. The highest BCUT2D eigenvalue weighted by atomic mass is 19.1. The number of nitrogens with one attached hydrogen (secondary N) is 1. The summed E-state index contributed by atoms with van der Waals surface area (Å²) in [6.07, 6.45) is 2.73. The SMILES string of the molecule is O=C1CCC(n2c(=O)oc3c(N4CCC(CCO)CC4)cc(F)cc32)C(=O)N1. The van der Waals surface area contributed by atoms with Crippen molar-refractivity contribution >= 4 is 28.6 Å². The Morgan fingerprint density at radius 3 is 2.61 bits per heavy atom. The second-order valence-corrected chi connectivity index (χ2v) is 7.42. The normalized spacial score (nSPS) is 21.4. The monoisotopic (exact) mass is 391 g/mol. The Kier molecular flexibility index (Phi) is 4.92. The number of nitrogens with zero attached hydrogens (tertiary/aromatic N) is 2. The molecule has 2 N–H and O–H groups in total. The van der Waals surface area contributed by atoms with Crippen LogP contribution < -0.4 is 16.0 Å². The van der Waals surface area contributed by atoms with Gasteiger partial charge in [-0.25, -0.2) is 9.18 Å². The fourth-order valence-electron chi connectivity index (χ4n) is 4.19. The van der Waals surface area contributed by atoms with Crippen LogP contribution in [0.15, 0.2) is 21.3 Å². The van der Waals surface area contributed by atoms with E-state index in [-0.39, 0.29) is 36.5 Å². The maximum Gasteiger partial charge on any atom is 0.420 e. The number of rotatable bonds is 4.